The van der Waals surface area contributed by atoms with Crippen molar-refractivity contribution >= 4 is 36.2 Å². The van der Waals surface area contributed by atoms with Crippen LogP contribution in [0.5, 0.6) is 34.5 Å². The highest BCUT2D eigenvalue weighted by Gasteiger charge is 2.22. The van der Waals surface area contributed by atoms with Crippen LogP contribution in [0.15, 0.2) is 69.3 Å². The van der Waals surface area contributed by atoms with E-state index in [0.29, 0.717) is 17.2 Å². The Morgan fingerprint density at radius 3 is 1.36 bits per heavy atom. The van der Waals surface area contributed by atoms with Gasteiger partial charge in [0.05, 0.1) is 25.4 Å². The van der Waals surface area contributed by atoms with Crippen molar-refractivity contribution in [3.63, 3.8) is 0 Å². The summed E-state index contributed by atoms with van der Waals surface area (Å²) in [6.07, 6.45) is 0. The Balaban J connectivity index is 0.000000321. The highest BCUT2D eigenvalue weighted by Crippen LogP contribution is 2.47. The summed E-state index contributed by atoms with van der Waals surface area (Å²) in [5.41, 5.74) is 0. The summed E-state index contributed by atoms with van der Waals surface area (Å²) in [6.45, 7) is 4.22. The predicted octanol–water partition coefficient (Wildman–Crippen LogP) is 6.43. The van der Waals surface area contributed by atoms with Gasteiger partial charge in [-0.3, -0.25) is 0 Å². The van der Waals surface area contributed by atoms with Gasteiger partial charge in [0.15, 0.2) is 34.5 Å². The maximum atomic E-state index is 9.68. The maximum absolute atomic E-state index is 9.68. The molecule has 3 aromatic carbocycles. The summed E-state index contributed by atoms with van der Waals surface area (Å²) >= 11 is 7.39. The Bertz CT molecular complexity index is 1010. The van der Waals surface area contributed by atoms with E-state index in [1.165, 1.54) is 21.3 Å². The summed E-state index contributed by atoms with van der Waals surface area (Å²) in [6, 6.07) is 15.5. The Kier molecular flexibility index (Phi) is 9.82. The molecule has 178 valence electrons. The van der Waals surface area contributed by atoms with E-state index in [4.69, 9.17) is 19.3 Å². The van der Waals surface area contributed by atoms with Gasteiger partial charge in [0.1, 0.15) is 0 Å². The van der Waals surface area contributed by atoms with E-state index in [9.17, 15) is 10.2 Å². The molecule has 33 heavy (non-hydrogen) atoms. The third kappa shape index (κ3) is 8.10. The smallest absolute Gasteiger partial charge is 0.161 e. The zero-order valence-corrected chi connectivity index (χ0v) is 21.6. The Morgan fingerprint density at radius 2 is 1.00 bits per heavy atom. The molecule has 0 fully saturated rings. The number of phenols is 3. The van der Waals surface area contributed by atoms with Crippen molar-refractivity contribution in [2.75, 3.05) is 21.3 Å². The molecule has 0 aliphatic carbocycles. The van der Waals surface area contributed by atoms with Crippen LogP contribution in [0.1, 0.15) is 13.8 Å². The minimum absolute atomic E-state index is 0.130. The molecule has 0 saturated heterocycles. The molecule has 0 radical (unpaired) electrons. The van der Waals surface area contributed by atoms with Gasteiger partial charge in [-0.1, -0.05) is 0 Å². The fraction of sp³-hybridized carbons (Fsp3) is 0.250. The predicted molar refractivity (Wildman–Crippen MR) is 137 cm³/mol. The molecule has 0 aromatic heterocycles. The molecule has 0 amide bonds. The van der Waals surface area contributed by atoms with Crippen molar-refractivity contribution < 1.29 is 29.5 Å². The average Bonchev–Trinajstić information content (AvgIpc) is 2.78. The largest absolute Gasteiger partial charge is 0.504 e. The van der Waals surface area contributed by atoms with E-state index < -0.39 is 0 Å². The number of ether oxygens (including phenoxy) is 3. The summed E-state index contributed by atoms with van der Waals surface area (Å²) < 4.78 is 15.0. The number of phenolic OH excluding ortho intramolecular Hbond substituents is 3. The molecule has 6 nitrogen and oxygen atoms in total. The number of thioether (sulfide) groups is 2. The van der Waals surface area contributed by atoms with Crippen LogP contribution in [0.4, 0.5) is 0 Å². The number of benzene rings is 3. The standard InChI is InChI=1S/C17H20O4S2.C7H8O2S/c1-17(2,22-11-5-7-13(18)15(9-11)20-3)23-12-6-8-14(19)16(10-12)21-4;1-9-7-4-5(10)2-3-6(7)8/h5-10,18-19H,1-4H3;2-4,8,10H,1H3. The van der Waals surface area contributed by atoms with Crippen molar-refractivity contribution in [2.24, 2.45) is 0 Å². The molecule has 0 aliphatic heterocycles. The van der Waals surface area contributed by atoms with Crippen molar-refractivity contribution in [1.82, 2.24) is 0 Å². The van der Waals surface area contributed by atoms with E-state index in [1.54, 1.807) is 53.9 Å². The SMILES string of the molecule is COc1cc(S)ccc1O.COc1cc(SC(C)(C)Sc2ccc(O)c(OC)c2)ccc1O. The summed E-state index contributed by atoms with van der Waals surface area (Å²) in [4.78, 5) is 2.78. The number of methoxy groups -OCH3 is 3. The van der Waals surface area contributed by atoms with E-state index in [2.05, 4.69) is 26.5 Å². The highest BCUT2D eigenvalue weighted by atomic mass is 32.2. The highest BCUT2D eigenvalue weighted by molar-refractivity contribution is 8.18. The molecular formula is C24H28O6S3. The van der Waals surface area contributed by atoms with Crippen LogP contribution in [-0.4, -0.2) is 40.7 Å². The first kappa shape index (κ1) is 26.8. The number of hydrogen-bond donors (Lipinski definition) is 4. The summed E-state index contributed by atoms with van der Waals surface area (Å²) in [5, 5.41) is 28.4. The lowest BCUT2D eigenvalue weighted by Crippen LogP contribution is -2.08. The van der Waals surface area contributed by atoms with Gasteiger partial charge in [0, 0.05) is 14.7 Å². The monoisotopic (exact) mass is 508 g/mol. The number of aromatic hydroxyl groups is 3. The Morgan fingerprint density at radius 1 is 0.636 bits per heavy atom. The van der Waals surface area contributed by atoms with Crippen molar-refractivity contribution in [3.8, 4) is 34.5 Å². The second-order valence-electron chi connectivity index (χ2n) is 7.13. The molecule has 3 aromatic rings. The van der Waals surface area contributed by atoms with Crippen LogP contribution in [0.2, 0.25) is 0 Å². The molecular weight excluding hydrogens is 480 g/mol. The molecule has 0 heterocycles. The van der Waals surface area contributed by atoms with Crippen molar-refractivity contribution in [3.05, 3.63) is 54.6 Å². The van der Waals surface area contributed by atoms with Gasteiger partial charge in [-0.05, 0) is 68.4 Å². The lowest BCUT2D eigenvalue weighted by atomic mass is 10.3. The second-order valence-corrected chi connectivity index (χ2v) is 11.3. The van der Waals surface area contributed by atoms with Gasteiger partial charge in [0.2, 0.25) is 0 Å². The maximum Gasteiger partial charge on any atom is 0.161 e. The van der Waals surface area contributed by atoms with Crippen molar-refractivity contribution in [1.29, 1.82) is 0 Å². The van der Waals surface area contributed by atoms with E-state index in [0.717, 1.165) is 14.7 Å². The van der Waals surface area contributed by atoms with Crippen LogP contribution in [0, 0.1) is 0 Å². The molecule has 0 atom stereocenters. The molecule has 0 bridgehead atoms. The van der Waals surface area contributed by atoms with Gasteiger partial charge in [-0.25, -0.2) is 0 Å². The lowest BCUT2D eigenvalue weighted by Gasteiger charge is -2.24. The number of rotatable bonds is 7. The fourth-order valence-corrected chi connectivity index (χ4v) is 5.37. The van der Waals surface area contributed by atoms with E-state index in [-0.39, 0.29) is 21.3 Å². The molecule has 0 saturated carbocycles. The first-order valence-corrected chi connectivity index (χ1v) is 11.8. The third-order valence-corrected chi connectivity index (χ3v) is 6.93. The first-order chi connectivity index (χ1) is 15.6. The molecule has 0 unspecified atom stereocenters. The zero-order chi connectivity index (χ0) is 24.6. The minimum Gasteiger partial charge on any atom is -0.504 e. The lowest BCUT2D eigenvalue weighted by molar-refractivity contribution is 0.372. The molecule has 0 spiro atoms. The number of thiol groups is 1. The Hall–Kier alpha value is -2.49. The van der Waals surface area contributed by atoms with Gasteiger partial charge in [-0.2, -0.15) is 0 Å². The van der Waals surface area contributed by atoms with E-state index in [1.807, 2.05) is 24.3 Å². The normalized spacial score (nSPS) is 10.7. The minimum atomic E-state index is -0.163. The molecule has 9 heteroatoms. The fourth-order valence-electron chi connectivity index (χ4n) is 2.70. The summed E-state index contributed by atoms with van der Waals surface area (Å²) in [7, 11) is 4.57. The summed E-state index contributed by atoms with van der Waals surface area (Å²) in [5.74, 6) is 1.77. The van der Waals surface area contributed by atoms with Gasteiger partial charge in [0.25, 0.3) is 0 Å². The van der Waals surface area contributed by atoms with Crippen LogP contribution in [0.3, 0.4) is 0 Å². The van der Waals surface area contributed by atoms with Gasteiger partial charge < -0.3 is 29.5 Å². The number of hydrogen-bond acceptors (Lipinski definition) is 9. The average molecular weight is 509 g/mol. The van der Waals surface area contributed by atoms with Crippen molar-refractivity contribution in [2.45, 2.75) is 32.6 Å². The zero-order valence-electron chi connectivity index (χ0n) is 19.0. The molecule has 3 N–H and O–H groups in total. The van der Waals surface area contributed by atoms with Gasteiger partial charge >= 0.3 is 0 Å². The third-order valence-electron chi connectivity index (χ3n) is 4.19. The topological polar surface area (TPSA) is 88.4 Å². The van der Waals surface area contributed by atoms with Crippen LogP contribution in [-0.2, 0) is 0 Å². The van der Waals surface area contributed by atoms with Crippen LogP contribution < -0.4 is 14.2 Å². The van der Waals surface area contributed by atoms with Crippen LogP contribution >= 0.6 is 36.2 Å². The van der Waals surface area contributed by atoms with Crippen LogP contribution in [0.25, 0.3) is 0 Å². The molecule has 0 aliphatic rings. The Labute approximate surface area is 208 Å². The first-order valence-electron chi connectivity index (χ1n) is 9.76. The van der Waals surface area contributed by atoms with E-state index >= 15 is 0 Å². The van der Waals surface area contributed by atoms with Gasteiger partial charge in [-0.15, -0.1) is 36.2 Å². The molecule has 3 rings (SSSR count). The quantitative estimate of drug-likeness (QED) is 0.165. The second kappa shape index (κ2) is 12.1.